The molecule has 116 valence electrons. The van der Waals surface area contributed by atoms with Gasteiger partial charge in [-0.1, -0.05) is 52.3 Å². The predicted octanol–water partition coefficient (Wildman–Crippen LogP) is 4.89. The van der Waals surface area contributed by atoms with E-state index in [2.05, 4.69) is 31.3 Å². The lowest BCUT2D eigenvalue weighted by Gasteiger charge is -2.16. The standard InChI is InChI=1S/C17H25NOS2/c1-13-7-3-5-9-16(13)14(2)18-17(19)10-6-4-8-15-11-12-20-21-15/h3,5,7,9,14-15H,4,6,8,10-12H2,1-2H3,(H,18,19). The fourth-order valence-electron chi connectivity index (χ4n) is 2.69. The highest BCUT2D eigenvalue weighted by atomic mass is 33.1. The molecule has 1 aromatic carbocycles. The topological polar surface area (TPSA) is 29.1 Å². The zero-order valence-electron chi connectivity index (χ0n) is 12.9. The SMILES string of the molecule is Cc1ccccc1C(C)NC(=O)CCCCC1CCSS1. The number of aryl methyl sites for hydroxylation is 1. The van der Waals surface area contributed by atoms with E-state index in [4.69, 9.17) is 0 Å². The van der Waals surface area contributed by atoms with E-state index in [1.807, 2.05) is 33.7 Å². The fourth-order valence-corrected chi connectivity index (χ4v) is 5.71. The van der Waals surface area contributed by atoms with Crippen molar-refractivity contribution in [3.05, 3.63) is 35.4 Å². The second-order valence-corrected chi connectivity index (χ2v) is 8.51. The Kier molecular flexibility index (Phi) is 6.97. The van der Waals surface area contributed by atoms with Crippen molar-refractivity contribution in [2.24, 2.45) is 0 Å². The minimum absolute atomic E-state index is 0.0977. The summed E-state index contributed by atoms with van der Waals surface area (Å²) >= 11 is 0. The summed E-state index contributed by atoms with van der Waals surface area (Å²) < 4.78 is 0. The number of carbonyl (C=O) groups excluding carboxylic acids is 1. The van der Waals surface area contributed by atoms with E-state index < -0.39 is 0 Å². The van der Waals surface area contributed by atoms with Gasteiger partial charge in [0.1, 0.15) is 0 Å². The van der Waals surface area contributed by atoms with Gasteiger partial charge in [-0.05, 0) is 44.2 Å². The van der Waals surface area contributed by atoms with E-state index in [0.29, 0.717) is 6.42 Å². The van der Waals surface area contributed by atoms with Crippen LogP contribution in [0.4, 0.5) is 0 Å². The third-order valence-corrected chi connectivity index (χ3v) is 6.95. The number of unbranched alkanes of at least 4 members (excludes halogenated alkanes) is 1. The Morgan fingerprint density at radius 1 is 1.38 bits per heavy atom. The molecule has 1 heterocycles. The van der Waals surface area contributed by atoms with Crippen molar-refractivity contribution in [2.75, 3.05) is 5.75 Å². The van der Waals surface area contributed by atoms with Gasteiger partial charge in [0.05, 0.1) is 6.04 Å². The Labute approximate surface area is 136 Å². The normalized spacial score (nSPS) is 19.4. The molecular formula is C17H25NOS2. The summed E-state index contributed by atoms with van der Waals surface area (Å²) in [6.07, 6.45) is 5.43. The number of amides is 1. The van der Waals surface area contributed by atoms with Crippen molar-refractivity contribution >= 4 is 27.5 Å². The van der Waals surface area contributed by atoms with E-state index >= 15 is 0 Å². The van der Waals surface area contributed by atoms with Crippen LogP contribution < -0.4 is 5.32 Å². The molecule has 0 aromatic heterocycles. The summed E-state index contributed by atoms with van der Waals surface area (Å²) in [5.41, 5.74) is 2.45. The summed E-state index contributed by atoms with van der Waals surface area (Å²) in [5.74, 6) is 1.48. The Bertz CT molecular complexity index is 458. The number of carbonyl (C=O) groups is 1. The first-order valence-corrected chi connectivity index (χ1v) is 10.2. The number of rotatable bonds is 7. The van der Waals surface area contributed by atoms with E-state index in [9.17, 15) is 4.79 Å². The maximum Gasteiger partial charge on any atom is 0.220 e. The van der Waals surface area contributed by atoms with Gasteiger partial charge in [0.25, 0.3) is 0 Å². The van der Waals surface area contributed by atoms with Crippen LogP contribution in [-0.2, 0) is 4.79 Å². The van der Waals surface area contributed by atoms with E-state index in [-0.39, 0.29) is 11.9 Å². The van der Waals surface area contributed by atoms with Crippen LogP contribution in [0.3, 0.4) is 0 Å². The van der Waals surface area contributed by atoms with Crippen LogP contribution in [-0.4, -0.2) is 16.9 Å². The monoisotopic (exact) mass is 323 g/mol. The van der Waals surface area contributed by atoms with Crippen LogP contribution in [0.1, 0.15) is 56.2 Å². The molecule has 1 amide bonds. The summed E-state index contributed by atoms with van der Waals surface area (Å²) in [5, 5.41) is 3.94. The zero-order valence-corrected chi connectivity index (χ0v) is 14.6. The molecule has 1 N–H and O–H groups in total. The van der Waals surface area contributed by atoms with Crippen LogP contribution in [0, 0.1) is 6.92 Å². The van der Waals surface area contributed by atoms with Crippen LogP contribution in [0.2, 0.25) is 0 Å². The van der Waals surface area contributed by atoms with Crippen LogP contribution in [0.25, 0.3) is 0 Å². The van der Waals surface area contributed by atoms with Crippen LogP contribution in [0.15, 0.2) is 24.3 Å². The molecule has 0 bridgehead atoms. The van der Waals surface area contributed by atoms with Crippen molar-refractivity contribution in [1.82, 2.24) is 5.32 Å². The van der Waals surface area contributed by atoms with E-state index in [0.717, 1.165) is 11.7 Å². The summed E-state index contributed by atoms with van der Waals surface area (Å²) in [7, 11) is 4.02. The third kappa shape index (κ3) is 5.59. The van der Waals surface area contributed by atoms with Crippen molar-refractivity contribution in [3.63, 3.8) is 0 Å². The van der Waals surface area contributed by atoms with Gasteiger partial charge in [-0.25, -0.2) is 0 Å². The van der Waals surface area contributed by atoms with Gasteiger partial charge in [-0.2, -0.15) is 0 Å². The van der Waals surface area contributed by atoms with Crippen molar-refractivity contribution in [2.45, 2.75) is 57.2 Å². The van der Waals surface area contributed by atoms with Crippen molar-refractivity contribution in [1.29, 1.82) is 0 Å². The zero-order chi connectivity index (χ0) is 15.1. The van der Waals surface area contributed by atoms with E-state index in [1.54, 1.807) is 0 Å². The Morgan fingerprint density at radius 3 is 2.90 bits per heavy atom. The lowest BCUT2D eigenvalue weighted by molar-refractivity contribution is -0.121. The molecule has 2 rings (SSSR count). The average Bonchev–Trinajstić information content (AvgIpc) is 2.97. The van der Waals surface area contributed by atoms with Gasteiger partial charge in [-0.15, -0.1) is 0 Å². The number of hydrogen-bond donors (Lipinski definition) is 1. The van der Waals surface area contributed by atoms with Gasteiger partial charge in [0, 0.05) is 17.4 Å². The van der Waals surface area contributed by atoms with Crippen LogP contribution >= 0.6 is 21.6 Å². The average molecular weight is 324 g/mol. The highest BCUT2D eigenvalue weighted by Gasteiger charge is 2.16. The summed E-state index contributed by atoms with van der Waals surface area (Å²) in [6.45, 7) is 4.15. The molecule has 0 saturated carbocycles. The molecule has 2 atom stereocenters. The maximum atomic E-state index is 12.0. The molecule has 0 aliphatic carbocycles. The maximum absolute atomic E-state index is 12.0. The molecule has 0 radical (unpaired) electrons. The largest absolute Gasteiger partial charge is 0.350 e. The predicted molar refractivity (Wildman–Crippen MR) is 94.7 cm³/mol. The Balaban J connectivity index is 1.65. The molecule has 21 heavy (non-hydrogen) atoms. The Morgan fingerprint density at radius 2 is 2.19 bits per heavy atom. The van der Waals surface area contributed by atoms with Gasteiger partial charge < -0.3 is 5.32 Å². The molecule has 1 fully saturated rings. The Hall–Kier alpha value is -0.610. The lowest BCUT2D eigenvalue weighted by atomic mass is 10.0. The number of nitrogens with one attached hydrogen (secondary N) is 1. The molecule has 1 aliphatic rings. The molecular weight excluding hydrogens is 298 g/mol. The summed E-state index contributed by atoms with van der Waals surface area (Å²) in [4.78, 5) is 12.0. The summed E-state index contributed by atoms with van der Waals surface area (Å²) in [6, 6.07) is 8.35. The first kappa shape index (κ1) is 16.8. The van der Waals surface area contributed by atoms with Gasteiger partial charge in [0.15, 0.2) is 0 Å². The quantitative estimate of drug-likeness (QED) is 0.572. The molecule has 0 spiro atoms. The lowest BCUT2D eigenvalue weighted by Crippen LogP contribution is -2.26. The minimum Gasteiger partial charge on any atom is -0.350 e. The smallest absolute Gasteiger partial charge is 0.220 e. The van der Waals surface area contributed by atoms with Crippen LogP contribution in [0.5, 0.6) is 0 Å². The van der Waals surface area contributed by atoms with Crippen molar-refractivity contribution in [3.8, 4) is 0 Å². The molecule has 4 heteroatoms. The van der Waals surface area contributed by atoms with E-state index in [1.165, 1.54) is 36.1 Å². The van der Waals surface area contributed by atoms with Gasteiger partial charge in [-0.3, -0.25) is 4.79 Å². The second kappa shape index (κ2) is 8.74. The first-order chi connectivity index (χ1) is 10.2. The molecule has 1 aromatic rings. The molecule has 1 aliphatic heterocycles. The minimum atomic E-state index is 0.0977. The molecule has 1 saturated heterocycles. The first-order valence-electron chi connectivity index (χ1n) is 7.80. The molecule has 2 unspecified atom stereocenters. The third-order valence-electron chi connectivity index (χ3n) is 3.94. The van der Waals surface area contributed by atoms with Crippen molar-refractivity contribution < 1.29 is 4.79 Å². The highest BCUT2D eigenvalue weighted by Crippen LogP contribution is 2.39. The second-order valence-electron chi connectivity index (χ2n) is 5.72. The van der Waals surface area contributed by atoms with Gasteiger partial charge >= 0.3 is 0 Å². The highest BCUT2D eigenvalue weighted by molar-refractivity contribution is 8.77. The number of benzene rings is 1. The number of hydrogen-bond acceptors (Lipinski definition) is 3. The fraction of sp³-hybridized carbons (Fsp3) is 0.588. The van der Waals surface area contributed by atoms with Gasteiger partial charge in [0.2, 0.25) is 5.91 Å². The molecule has 2 nitrogen and oxygen atoms in total.